The molecule has 1 aliphatic rings. The van der Waals surface area contributed by atoms with E-state index in [9.17, 15) is 4.79 Å². The van der Waals surface area contributed by atoms with Gasteiger partial charge in [0, 0.05) is 38.9 Å². The molecule has 3 aromatic rings. The van der Waals surface area contributed by atoms with Crippen molar-refractivity contribution in [3.8, 4) is 0 Å². The van der Waals surface area contributed by atoms with Crippen molar-refractivity contribution in [1.82, 2.24) is 24.4 Å². The molecule has 0 aliphatic carbocycles. The second-order valence-corrected chi connectivity index (χ2v) is 7.38. The minimum Gasteiger partial charge on any atom is -0.384 e. The molecule has 8 heteroatoms. The highest BCUT2D eigenvalue weighted by molar-refractivity contribution is 5.41. The number of hydrogen-bond donors (Lipinski definition) is 0. The molecular formula is C20H25N5O3. The van der Waals surface area contributed by atoms with Gasteiger partial charge in [-0.2, -0.15) is 4.98 Å². The van der Waals surface area contributed by atoms with Crippen LogP contribution in [0.15, 0.2) is 33.7 Å². The largest absolute Gasteiger partial charge is 0.384 e. The molecule has 1 saturated heterocycles. The molecule has 0 aromatic carbocycles. The van der Waals surface area contributed by atoms with E-state index in [0.717, 1.165) is 37.2 Å². The Bertz CT molecular complexity index is 1010. The molecule has 1 fully saturated rings. The second kappa shape index (κ2) is 8.20. The predicted molar refractivity (Wildman–Crippen MR) is 103 cm³/mol. The molecule has 8 nitrogen and oxygen atoms in total. The van der Waals surface area contributed by atoms with Gasteiger partial charge in [0.2, 0.25) is 5.89 Å². The Balaban J connectivity index is 1.47. The first-order valence-electron chi connectivity index (χ1n) is 9.65. The summed E-state index contributed by atoms with van der Waals surface area (Å²) in [5.74, 6) is 1.59. The third-order valence-corrected chi connectivity index (χ3v) is 5.13. The van der Waals surface area contributed by atoms with E-state index in [1.807, 2.05) is 19.1 Å². The number of fused-ring (bicyclic) bond motifs is 1. The molecule has 148 valence electrons. The zero-order chi connectivity index (χ0) is 19.5. The third kappa shape index (κ3) is 4.13. The van der Waals surface area contributed by atoms with Gasteiger partial charge in [-0.15, -0.1) is 0 Å². The SMILES string of the molecule is COCCc1noc([C@@H]2CCCN(Cc3cc(=O)n4ccc(C)cc4n3)C2)n1. The second-order valence-electron chi connectivity index (χ2n) is 7.38. The van der Waals surface area contributed by atoms with Gasteiger partial charge in [-0.1, -0.05) is 5.16 Å². The fraction of sp³-hybridized carbons (Fsp3) is 0.500. The van der Waals surface area contributed by atoms with Crippen molar-refractivity contribution in [1.29, 1.82) is 0 Å². The molecule has 1 aliphatic heterocycles. The Morgan fingerprint density at radius 2 is 2.21 bits per heavy atom. The van der Waals surface area contributed by atoms with Crippen LogP contribution in [0, 0.1) is 6.92 Å². The smallest absolute Gasteiger partial charge is 0.258 e. The van der Waals surface area contributed by atoms with E-state index >= 15 is 0 Å². The van der Waals surface area contributed by atoms with E-state index in [1.165, 1.54) is 0 Å². The quantitative estimate of drug-likeness (QED) is 0.643. The maximum atomic E-state index is 12.4. The predicted octanol–water partition coefficient (Wildman–Crippen LogP) is 1.95. The Labute approximate surface area is 163 Å². The van der Waals surface area contributed by atoms with Gasteiger partial charge in [-0.3, -0.25) is 14.1 Å². The van der Waals surface area contributed by atoms with Crippen LogP contribution in [-0.4, -0.2) is 51.2 Å². The average Bonchev–Trinajstić information content (AvgIpc) is 3.15. The van der Waals surface area contributed by atoms with Crippen molar-refractivity contribution < 1.29 is 9.26 Å². The fourth-order valence-electron chi connectivity index (χ4n) is 3.69. The average molecular weight is 383 g/mol. The van der Waals surface area contributed by atoms with Gasteiger partial charge in [-0.05, 0) is 44.0 Å². The lowest BCUT2D eigenvalue weighted by Crippen LogP contribution is -2.34. The topological polar surface area (TPSA) is 85.8 Å². The van der Waals surface area contributed by atoms with Gasteiger partial charge in [0.1, 0.15) is 5.65 Å². The molecule has 0 unspecified atom stereocenters. The van der Waals surface area contributed by atoms with E-state index in [4.69, 9.17) is 9.26 Å². The zero-order valence-electron chi connectivity index (χ0n) is 16.3. The first-order chi connectivity index (χ1) is 13.6. The van der Waals surface area contributed by atoms with Gasteiger partial charge in [0.05, 0.1) is 18.2 Å². The van der Waals surface area contributed by atoms with Crippen LogP contribution in [0.25, 0.3) is 5.65 Å². The van der Waals surface area contributed by atoms with Gasteiger partial charge in [0.25, 0.3) is 5.56 Å². The number of piperidine rings is 1. The summed E-state index contributed by atoms with van der Waals surface area (Å²) in [7, 11) is 1.66. The van der Waals surface area contributed by atoms with E-state index in [2.05, 4.69) is 20.0 Å². The summed E-state index contributed by atoms with van der Waals surface area (Å²) >= 11 is 0. The number of pyridine rings is 1. The molecule has 4 heterocycles. The molecular weight excluding hydrogens is 358 g/mol. The van der Waals surface area contributed by atoms with E-state index in [0.29, 0.717) is 36.9 Å². The molecule has 0 N–H and O–H groups in total. The molecule has 0 radical (unpaired) electrons. The van der Waals surface area contributed by atoms with Gasteiger partial charge < -0.3 is 9.26 Å². The van der Waals surface area contributed by atoms with Gasteiger partial charge >= 0.3 is 0 Å². The lowest BCUT2D eigenvalue weighted by Gasteiger charge is -2.30. The van der Waals surface area contributed by atoms with Crippen molar-refractivity contribution in [2.24, 2.45) is 0 Å². The molecule has 0 spiro atoms. The number of aromatic nitrogens is 4. The van der Waals surface area contributed by atoms with E-state index < -0.39 is 0 Å². The minimum atomic E-state index is -0.0479. The Kier molecular flexibility index (Phi) is 5.50. The van der Waals surface area contributed by atoms with Crippen LogP contribution in [0.4, 0.5) is 0 Å². The summed E-state index contributed by atoms with van der Waals surface area (Å²) in [6, 6.07) is 5.47. The first-order valence-corrected chi connectivity index (χ1v) is 9.65. The lowest BCUT2D eigenvalue weighted by molar-refractivity contribution is 0.178. The highest BCUT2D eigenvalue weighted by atomic mass is 16.5. The highest BCUT2D eigenvalue weighted by Gasteiger charge is 2.26. The Morgan fingerprint density at radius 1 is 1.32 bits per heavy atom. The number of methoxy groups -OCH3 is 1. The molecule has 3 aromatic heterocycles. The third-order valence-electron chi connectivity index (χ3n) is 5.13. The number of hydrogen-bond acceptors (Lipinski definition) is 7. The first kappa shape index (κ1) is 18.8. The molecule has 1 atom stereocenters. The molecule has 0 bridgehead atoms. The summed E-state index contributed by atoms with van der Waals surface area (Å²) in [6.45, 7) is 5.01. The number of nitrogens with zero attached hydrogens (tertiary/aromatic N) is 5. The summed E-state index contributed by atoms with van der Waals surface area (Å²) in [6.07, 6.45) is 4.50. The maximum Gasteiger partial charge on any atom is 0.258 e. The standard InChI is InChI=1S/C20H25N5O3/c1-14-5-8-25-18(10-14)21-16(11-19(25)26)13-24-7-3-4-15(12-24)20-22-17(23-28-20)6-9-27-2/h5,8,10-11,15H,3-4,6-7,9,12-13H2,1-2H3/t15-/m1/s1. The number of aryl methyl sites for hydroxylation is 1. The van der Waals surface area contributed by atoms with Crippen molar-refractivity contribution in [3.63, 3.8) is 0 Å². The van der Waals surface area contributed by atoms with Crippen molar-refractivity contribution in [2.45, 2.75) is 38.6 Å². The monoisotopic (exact) mass is 383 g/mol. The lowest BCUT2D eigenvalue weighted by atomic mass is 9.98. The molecule has 0 amide bonds. The fourth-order valence-corrected chi connectivity index (χ4v) is 3.69. The van der Waals surface area contributed by atoms with Crippen molar-refractivity contribution >= 4 is 5.65 Å². The van der Waals surface area contributed by atoms with Crippen LogP contribution in [0.5, 0.6) is 0 Å². The van der Waals surface area contributed by atoms with Crippen LogP contribution in [0.3, 0.4) is 0 Å². The van der Waals surface area contributed by atoms with E-state index in [-0.39, 0.29) is 11.5 Å². The van der Waals surface area contributed by atoms with Gasteiger partial charge in [0.15, 0.2) is 5.82 Å². The zero-order valence-corrected chi connectivity index (χ0v) is 16.3. The normalized spacial score (nSPS) is 18.0. The highest BCUT2D eigenvalue weighted by Crippen LogP contribution is 2.26. The van der Waals surface area contributed by atoms with Crippen LogP contribution in [0.2, 0.25) is 0 Å². The number of ether oxygens (including phenoxy) is 1. The van der Waals surface area contributed by atoms with Gasteiger partial charge in [-0.25, -0.2) is 4.98 Å². The van der Waals surface area contributed by atoms with E-state index in [1.54, 1.807) is 23.8 Å². The van der Waals surface area contributed by atoms with Crippen molar-refractivity contribution in [3.05, 3.63) is 57.7 Å². The minimum absolute atomic E-state index is 0.0479. The van der Waals surface area contributed by atoms with Crippen molar-refractivity contribution in [2.75, 3.05) is 26.8 Å². The Morgan fingerprint density at radius 3 is 3.07 bits per heavy atom. The maximum absolute atomic E-state index is 12.4. The van der Waals surface area contributed by atoms with Crippen LogP contribution in [0.1, 0.15) is 41.7 Å². The summed E-state index contributed by atoms with van der Waals surface area (Å²) < 4.78 is 12.1. The summed E-state index contributed by atoms with van der Waals surface area (Å²) in [5.41, 5.74) is 2.52. The summed E-state index contributed by atoms with van der Waals surface area (Å²) in [4.78, 5) is 23.9. The number of rotatable bonds is 6. The summed E-state index contributed by atoms with van der Waals surface area (Å²) in [5, 5.41) is 4.05. The van der Waals surface area contributed by atoms with Crippen LogP contribution in [-0.2, 0) is 17.7 Å². The molecule has 0 saturated carbocycles. The molecule has 4 rings (SSSR count). The Hall–Kier alpha value is -2.58. The number of likely N-dealkylation sites (tertiary alicyclic amines) is 1. The molecule has 28 heavy (non-hydrogen) atoms. The van der Waals surface area contributed by atoms with Crippen LogP contribution < -0.4 is 5.56 Å². The van der Waals surface area contributed by atoms with Crippen LogP contribution >= 0.6 is 0 Å².